The lowest BCUT2D eigenvalue weighted by Gasteiger charge is -2.32. The van der Waals surface area contributed by atoms with Gasteiger partial charge in [-0.15, -0.1) is 0 Å². The Labute approximate surface area is 122 Å². The van der Waals surface area contributed by atoms with Gasteiger partial charge in [-0.25, -0.2) is 0 Å². The minimum absolute atomic E-state index is 0.0220. The van der Waals surface area contributed by atoms with Crippen molar-refractivity contribution in [1.29, 1.82) is 0 Å². The van der Waals surface area contributed by atoms with Crippen LogP contribution < -0.4 is 15.2 Å². The highest BCUT2D eigenvalue weighted by atomic mass is 19.3. The molecular formula is C14H20F2N2O3. The molecule has 0 aliphatic carbocycles. The fourth-order valence-electron chi connectivity index (χ4n) is 2.33. The van der Waals surface area contributed by atoms with Crippen LogP contribution in [-0.4, -0.2) is 51.0 Å². The summed E-state index contributed by atoms with van der Waals surface area (Å²) >= 11 is 0. The maximum atomic E-state index is 12.4. The summed E-state index contributed by atoms with van der Waals surface area (Å²) < 4.78 is 39.8. The number of ether oxygens (including phenoxy) is 3. The third-order valence-electron chi connectivity index (χ3n) is 3.34. The van der Waals surface area contributed by atoms with E-state index >= 15 is 0 Å². The van der Waals surface area contributed by atoms with E-state index in [1.54, 1.807) is 12.1 Å². The molecule has 0 spiro atoms. The van der Waals surface area contributed by atoms with E-state index in [0.717, 1.165) is 18.7 Å². The summed E-state index contributed by atoms with van der Waals surface area (Å²) in [6.07, 6.45) is 0.0220. The summed E-state index contributed by atoms with van der Waals surface area (Å²) in [6.45, 7) is 0.362. The fraction of sp³-hybridized carbons (Fsp3) is 0.571. The average molecular weight is 302 g/mol. The van der Waals surface area contributed by atoms with E-state index in [2.05, 4.69) is 9.64 Å². The van der Waals surface area contributed by atoms with Gasteiger partial charge in [0.15, 0.2) is 11.5 Å². The summed E-state index contributed by atoms with van der Waals surface area (Å²) in [5, 5.41) is 0. The molecule has 7 heteroatoms. The molecule has 0 amide bonds. The van der Waals surface area contributed by atoms with Crippen molar-refractivity contribution in [2.24, 2.45) is 5.73 Å². The molecule has 0 saturated carbocycles. The van der Waals surface area contributed by atoms with E-state index in [4.69, 9.17) is 15.2 Å². The average Bonchev–Trinajstić information content (AvgIpc) is 2.47. The van der Waals surface area contributed by atoms with Crippen LogP contribution in [-0.2, 0) is 11.3 Å². The molecule has 5 nitrogen and oxygen atoms in total. The minimum Gasteiger partial charge on any atom is -0.493 e. The van der Waals surface area contributed by atoms with Crippen LogP contribution in [0.1, 0.15) is 5.56 Å². The second kappa shape index (κ2) is 7.53. The molecule has 21 heavy (non-hydrogen) atoms. The number of rotatable bonds is 6. The van der Waals surface area contributed by atoms with Crippen LogP contribution in [0, 0.1) is 0 Å². The van der Waals surface area contributed by atoms with E-state index in [0.29, 0.717) is 25.4 Å². The van der Waals surface area contributed by atoms with E-state index in [-0.39, 0.29) is 11.9 Å². The Morgan fingerprint density at radius 3 is 2.90 bits per heavy atom. The molecule has 1 unspecified atom stereocenters. The molecule has 1 aliphatic rings. The first-order chi connectivity index (χ1) is 10.1. The standard InChI is InChI=1S/C14H20F2N2O3/c1-19-12-3-2-10(6-13(12)21-14(15)16)8-18-4-5-20-11(7-17)9-18/h2-3,6,11,14H,4-5,7-9,17H2,1H3. The largest absolute Gasteiger partial charge is 0.493 e. The summed E-state index contributed by atoms with van der Waals surface area (Å²) in [5.41, 5.74) is 6.48. The predicted molar refractivity (Wildman–Crippen MR) is 73.7 cm³/mol. The zero-order valence-electron chi connectivity index (χ0n) is 11.9. The van der Waals surface area contributed by atoms with Crippen LogP contribution in [0.4, 0.5) is 8.78 Å². The third-order valence-corrected chi connectivity index (χ3v) is 3.34. The van der Waals surface area contributed by atoms with Gasteiger partial charge in [0.05, 0.1) is 19.8 Å². The third kappa shape index (κ3) is 4.52. The molecule has 118 valence electrons. The van der Waals surface area contributed by atoms with Gasteiger partial charge >= 0.3 is 6.61 Å². The van der Waals surface area contributed by atoms with Gasteiger partial charge in [-0.2, -0.15) is 8.78 Å². The number of methoxy groups -OCH3 is 1. The Hall–Kier alpha value is -1.44. The number of morpholine rings is 1. The lowest BCUT2D eigenvalue weighted by atomic mass is 10.1. The number of hydrogen-bond acceptors (Lipinski definition) is 5. The van der Waals surface area contributed by atoms with Crippen molar-refractivity contribution >= 4 is 0 Å². The van der Waals surface area contributed by atoms with Gasteiger partial charge in [-0.05, 0) is 17.7 Å². The fourth-order valence-corrected chi connectivity index (χ4v) is 2.33. The van der Waals surface area contributed by atoms with Gasteiger partial charge in [0.1, 0.15) is 0 Å². The maximum absolute atomic E-state index is 12.4. The van der Waals surface area contributed by atoms with Crippen LogP contribution in [0.3, 0.4) is 0 Å². The van der Waals surface area contributed by atoms with Crippen molar-refractivity contribution in [3.8, 4) is 11.5 Å². The van der Waals surface area contributed by atoms with Crippen LogP contribution in [0.15, 0.2) is 18.2 Å². The monoisotopic (exact) mass is 302 g/mol. The summed E-state index contributed by atoms with van der Waals surface area (Å²) in [5.74, 6) is 0.342. The Balaban J connectivity index is 2.05. The summed E-state index contributed by atoms with van der Waals surface area (Å²) in [4.78, 5) is 2.18. The van der Waals surface area contributed by atoms with Crippen LogP contribution in [0.2, 0.25) is 0 Å². The van der Waals surface area contributed by atoms with E-state index in [1.165, 1.54) is 7.11 Å². The van der Waals surface area contributed by atoms with E-state index < -0.39 is 6.61 Å². The summed E-state index contributed by atoms with van der Waals surface area (Å²) in [7, 11) is 1.42. The van der Waals surface area contributed by atoms with E-state index in [9.17, 15) is 8.78 Å². The molecule has 1 atom stereocenters. The molecule has 0 aromatic heterocycles. The number of alkyl halides is 2. The normalized spacial score (nSPS) is 19.8. The van der Waals surface area contributed by atoms with Crippen molar-refractivity contribution in [2.45, 2.75) is 19.3 Å². The molecular weight excluding hydrogens is 282 g/mol. The van der Waals surface area contributed by atoms with Crippen LogP contribution >= 0.6 is 0 Å². The molecule has 1 aromatic carbocycles. The van der Waals surface area contributed by atoms with Gasteiger partial charge in [0, 0.05) is 26.2 Å². The van der Waals surface area contributed by atoms with Crippen molar-refractivity contribution in [3.63, 3.8) is 0 Å². The van der Waals surface area contributed by atoms with Gasteiger partial charge in [-0.1, -0.05) is 6.07 Å². The second-order valence-electron chi connectivity index (χ2n) is 4.83. The molecule has 1 heterocycles. The summed E-state index contributed by atoms with van der Waals surface area (Å²) in [6, 6.07) is 5.05. The van der Waals surface area contributed by atoms with Crippen molar-refractivity contribution in [2.75, 3.05) is 33.4 Å². The molecule has 1 fully saturated rings. The SMILES string of the molecule is COc1ccc(CN2CCOC(CN)C2)cc1OC(F)F. The molecule has 2 N–H and O–H groups in total. The van der Waals surface area contributed by atoms with Crippen LogP contribution in [0.25, 0.3) is 0 Å². The Bertz CT molecular complexity index is 460. The van der Waals surface area contributed by atoms with Crippen molar-refractivity contribution in [1.82, 2.24) is 4.90 Å². The zero-order valence-corrected chi connectivity index (χ0v) is 11.9. The van der Waals surface area contributed by atoms with Gasteiger partial charge in [0.25, 0.3) is 0 Å². The zero-order chi connectivity index (χ0) is 15.2. The highest BCUT2D eigenvalue weighted by molar-refractivity contribution is 5.43. The number of hydrogen-bond donors (Lipinski definition) is 1. The lowest BCUT2D eigenvalue weighted by Crippen LogP contribution is -2.45. The predicted octanol–water partition coefficient (Wildman–Crippen LogP) is 1.46. The smallest absolute Gasteiger partial charge is 0.387 e. The highest BCUT2D eigenvalue weighted by Gasteiger charge is 2.20. The Morgan fingerprint density at radius 1 is 1.43 bits per heavy atom. The minimum atomic E-state index is -2.88. The topological polar surface area (TPSA) is 57.0 Å². The van der Waals surface area contributed by atoms with Gasteiger partial charge in [-0.3, -0.25) is 4.90 Å². The lowest BCUT2D eigenvalue weighted by molar-refractivity contribution is -0.0513. The molecule has 2 rings (SSSR count). The number of halogens is 2. The van der Waals surface area contributed by atoms with Gasteiger partial charge in [0.2, 0.25) is 0 Å². The number of nitrogens with zero attached hydrogens (tertiary/aromatic N) is 1. The number of benzene rings is 1. The quantitative estimate of drug-likeness (QED) is 0.862. The molecule has 0 radical (unpaired) electrons. The van der Waals surface area contributed by atoms with E-state index in [1.807, 2.05) is 6.07 Å². The molecule has 1 aromatic rings. The Morgan fingerprint density at radius 2 is 2.24 bits per heavy atom. The van der Waals surface area contributed by atoms with Crippen LogP contribution in [0.5, 0.6) is 11.5 Å². The second-order valence-corrected chi connectivity index (χ2v) is 4.83. The Kier molecular flexibility index (Phi) is 5.72. The maximum Gasteiger partial charge on any atom is 0.387 e. The first-order valence-corrected chi connectivity index (χ1v) is 6.78. The first kappa shape index (κ1) is 15.9. The number of nitrogens with two attached hydrogens (primary N) is 1. The molecule has 1 saturated heterocycles. The first-order valence-electron chi connectivity index (χ1n) is 6.78. The highest BCUT2D eigenvalue weighted by Crippen LogP contribution is 2.30. The molecule has 0 bridgehead atoms. The van der Waals surface area contributed by atoms with Crippen molar-refractivity contribution < 1.29 is 23.0 Å². The van der Waals surface area contributed by atoms with Crippen molar-refractivity contribution in [3.05, 3.63) is 23.8 Å². The van der Waals surface area contributed by atoms with Gasteiger partial charge < -0.3 is 19.9 Å². The molecule has 1 aliphatic heterocycles.